The summed E-state index contributed by atoms with van der Waals surface area (Å²) in [7, 11) is 0. The zero-order valence-electron chi connectivity index (χ0n) is 20.6. The second-order valence-electron chi connectivity index (χ2n) is 10.3. The summed E-state index contributed by atoms with van der Waals surface area (Å²) < 4.78 is 30.7. The number of nitrogens with one attached hydrogen (secondary N) is 1. The summed E-state index contributed by atoms with van der Waals surface area (Å²) in [6, 6.07) is 1.86. The zero-order valence-corrected chi connectivity index (χ0v) is 20.6. The van der Waals surface area contributed by atoms with Gasteiger partial charge in [-0.3, -0.25) is 9.48 Å². The van der Waals surface area contributed by atoms with Crippen molar-refractivity contribution >= 4 is 23.1 Å². The third kappa shape index (κ3) is 4.93. The third-order valence-corrected chi connectivity index (χ3v) is 7.66. The van der Waals surface area contributed by atoms with Gasteiger partial charge in [0.15, 0.2) is 11.3 Å². The Labute approximate surface area is 208 Å². The lowest BCUT2D eigenvalue weighted by molar-refractivity contribution is 0.102. The first kappa shape index (κ1) is 24.6. The number of aromatic nitrogens is 5. The molecule has 9 nitrogen and oxygen atoms in total. The highest BCUT2D eigenvalue weighted by molar-refractivity contribution is 6.08. The van der Waals surface area contributed by atoms with Crippen molar-refractivity contribution in [2.24, 2.45) is 11.8 Å². The number of aliphatic hydroxyl groups excluding tert-OH is 1. The van der Waals surface area contributed by atoms with Crippen LogP contribution in [0.15, 0.2) is 24.7 Å². The first-order valence-corrected chi connectivity index (χ1v) is 12.8. The first-order valence-electron chi connectivity index (χ1n) is 12.8. The van der Waals surface area contributed by atoms with Gasteiger partial charge in [-0.25, -0.2) is 18.3 Å². The number of amides is 1. The van der Waals surface area contributed by atoms with Crippen LogP contribution in [0.4, 0.5) is 20.3 Å². The molecule has 0 spiro atoms. The fourth-order valence-corrected chi connectivity index (χ4v) is 5.36. The molecule has 1 aliphatic heterocycles. The van der Waals surface area contributed by atoms with Crippen LogP contribution in [0.3, 0.4) is 0 Å². The number of rotatable bonds is 6. The van der Waals surface area contributed by atoms with Crippen LogP contribution in [0.1, 0.15) is 80.9 Å². The maximum atomic E-state index is 13.8. The second-order valence-corrected chi connectivity index (χ2v) is 10.3. The lowest BCUT2D eigenvalue weighted by atomic mass is 9.80. The standard InChI is InChI=1S/C25H33F2N7O2/c1-15(2)16-3-5-17(6-4-16)34-14-20(22(31-34)23(26)27)29-25(36)19-13-28-33-12-9-21(30-24(19)33)32-10-7-18(35)8-11-32/h9,12-18,23,35H,3-8,10-11H2,1-2H3,(H,29,36). The van der Waals surface area contributed by atoms with Gasteiger partial charge in [-0.05, 0) is 56.4 Å². The van der Waals surface area contributed by atoms with Crippen molar-refractivity contribution in [1.82, 2.24) is 24.4 Å². The van der Waals surface area contributed by atoms with Crippen LogP contribution in [0.5, 0.6) is 0 Å². The number of carbonyl (C=O) groups excluding carboxylic acids is 1. The van der Waals surface area contributed by atoms with E-state index in [1.165, 1.54) is 16.9 Å². The highest BCUT2D eigenvalue weighted by Gasteiger charge is 2.28. The molecule has 36 heavy (non-hydrogen) atoms. The number of aliphatic hydroxyl groups is 1. The zero-order chi connectivity index (χ0) is 25.4. The molecule has 0 atom stereocenters. The number of hydrogen-bond acceptors (Lipinski definition) is 6. The van der Waals surface area contributed by atoms with Crippen molar-refractivity contribution in [2.45, 2.75) is 70.9 Å². The normalized spacial score (nSPS) is 21.6. The van der Waals surface area contributed by atoms with Crippen molar-refractivity contribution in [3.8, 4) is 0 Å². The summed E-state index contributed by atoms with van der Waals surface area (Å²) in [6.45, 7) is 5.76. The molecule has 0 unspecified atom stereocenters. The van der Waals surface area contributed by atoms with E-state index in [9.17, 15) is 18.7 Å². The van der Waals surface area contributed by atoms with Gasteiger partial charge in [0.25, 0.3) is 12.3 Å². The topological polar surface area (TPSA) is 101 Å². The molecule has 3 aromatic heterocycles. The summed E-state index contributed by atoms with van der Waals surface area (Å²) in [5, 5.41) is 20.8. The monoisotopic (exact) mass is 501 g/mol. The lowest BCUT2D eigenvalue weighted by Gasteiger charge is -2.30. The fraction of sp³-hybridized carbons (Fsp3) is 0.600. The van der Waals surface area contributed by atoms with E-state index in [0.717, 1.165) is 25.7 Å². The molecule has 2 N–H and O–H groups in total. The highest BCUT2D eigenvalue weighted by Crippen LogP contribution is 2.37. The van der Waals surface area contributed by atoms with Crippen LogP contribution in [-0.4, -0.2) is 54.6 Å². The minimum Gasteiger partial charge on any atom is -0.393 e. The molecule has 0 radical (unpaired) electrons. The second kappa shape index (κ2) is 10.1. The molecular formula is C25H33F2N7O2. The Kier molecular flexibility index (Phi) is 6.92. The summed E-state index contributed by atoms with van der Waals surface area (Å²) in [5.41, 5.74) is 0.126. The molecule has 4 heterocycles. The number of nitrogens with zero attached hydrogens (tertiary/aromatic N) is 6. The number of halogens is 2. The molecule has 1 saturated carbocycles. The maximum Gasteiger partial charge on any atom is 0.284 e. The smallest absolute Gasteiger partial charge is 0.284 e. The third-order valence-electron chi connectivity index (χ3n) is 7.66. The van der Waals surface area contributed by atoms with Gasteiger partial charge in [-0.15, -0.1) is 0 Å². The highest BCUT2D eigenvalue weighted by atomic mass is 19.3. The van der Waals surface area contributed by atoms with Crippen molar-refractivity contribution in [1.29, 1.82) is 0 Å². The predicted molar refractivity (Wildman–Crippen MR) is 131 cm³/mol. The van der Waals surface area contributed by atoms with Gasteiger partial charge in [-0.1, -0.05) is 13.8 Å². The van der Waals surface area contributed by atoms with Gasteiger partial charge >= 0.3 is 0 Å². The van der Waals surface area contributed by atoms with Gasteiger partial charge in [-0.2, -0.15) is 10.2 Å². The number of anilines is 2. The van der Waals surface area contributed by atoms with E-state index in [-0.39, 0.29) is 23.4 Å². The molecule has 194 valence electrons. The quantitative estimate of drug-likeness (QED) is 0.517. The van der Waals surface area contributed by atoms with Crippen molar-refractivity contribution in [3.05, 3.63) is 35.9 Å². The minimum atomic E-state index is -2.81. The van der Waals surface area contributed by atoms with E-state index < -0.39 is 18.0 Å². The molecule has 0 aromatic carbocycles. The summed E-state index contributed by atoms with van der Waals surface area (Å²) in [5.74, 6) is 1.38. The summed E-state index contributed by atoms with van der Waals surface area (Å²) >= 11 is 0. The fourth-order valence-electron chi connectivity index (χ4n) is 5.36. The molecular weight excluding hydrogens is 468 g/mol. The van der Waals surface area contributed by atoms with Crippen molar-refractivity contribution < 1.29 is 18.7 Å². The van der Waals surface area contributed by atoms with Crippen LogP contribution in [0, 0.1) is 11.8 Å². The molecule has 2 aliphatic rings. The van der Waals surface area contributed by atoms with E-state index in [1.807, 2.05) is 11.0 Å². The average Bonchev–Trinajstić information content (AvgIpc) is 3.49. The maximum absolute atomic E-state index is 13.8. The number of hydrogen-bond donors (Lipinski definition) is 2. The molecule has 1 amide bonds. The SMILES string of the molecule is CC(C)C1CCC(n2cc(NC(=O)c3cnn4ccc(N5CCC(O)CC5)nc34)c(C(F)F)n2)CC1. The molecule has 2 fully saturated rings. The van der Waals surface area contributed by atoms with E-state index >= 15 is 0 Å². The van der Waals surface area contributed by atoms with Crippen LogP contribution >= 0.6 is 0 Å². The largest absolute Gasteiger partial charge is 0.393 e. The van der Waals surface area contributed by atoms with Gasteiger partial charge in [0.1, 0.15) is 11.4 Å². The van der Waals surface area contributed by atoms with Crippen LogP contribution in [0.2, 0.25) is 0 Å². The Hall–Kier alpha value is -3.08. The van der Waals surface area contributed by atoms with Gasteiger partial charge < -0.3 is 15.3 Å². The van der Waals surface area contributed by atoms with E-state index in [1.54, 1.807) is 10.9 Å². The Morgan fingerprint density at radius 3 is 2.53 bits per heavy atom. The Bertz CT molecular complexity index is 1210. The number of piperidine rings is 1. The van der Waals surface area contributed by atoms with Gasteiger partial charge in [0, 0.05) is 25.5 Å². The molecule has 5 rings (SSSR count). The first-order chi connectivity index (χ1) is 17.3. The Balaban J connectivity index is 1.35. The Morgan fingerprint density at radius 1 is 1.14 bits per heavy atom. The Morgan fingerprint density at radius 2 is 1.86 bits per heavy atom. The van der Waals surface area contributed by atoms with Gasteiger partial charge in [0.05, 0.1) is 24.0 Å². The van der Waals surface area contributed by atoms with E-state index in [2.05, 4.69) is 34.3 Å². The molecule has 0 bridgehead atoms. The van der Waals surface area contributed by atoms with Crippen LogP contribution < -0.4 is 10.2 Å². The number of alkyl halides is 2. The predicted octanol–water partition coefficient (Wildman–Crippen LogP) is 4.46. The number of fused-ring (bicyclic) bond motifs is 1. The van der Waals surface area contributed by atoms with Crippen molar-refractivity contribution in [3.63, 3.8) is 0 Å². The lowest BCUT2D eigenvalue weighted by Crippen LogP contribution is -2.36. The van der Waals surface area contributed by atoms with Crippen molar-refractivity contribution in [2.75, 3.05) is 23.3 Å². The number of carbonyl (C=O) groups is 1. The van der Waals surface area contributed by atoms with E-state index in [0.29, 0.717) is 49.2 Å². The molecule has 1 saturated heterocycles. The van der Waals surface area contributed by atoms with Crippen LogP contribution in [0.25, 0.3) is 5.65 Å². The summed E-state index contributed by atoms with van der Waals surface area (Å²) in [4.78, 5) is 19.8. The molecule has 11 heteroatoms. The minimum absolute atomic E-state index is 0.0153. The average molecular weight is 502 g/mol. The molecule has 1 aliphatic carbocycles. The van der Waals surface area contributed by atoms with Gasteiger partial charge in [0.2, 0.25) is 0 Å². The molecule has 3 aromatic rings. The summed E-state index contributed by atoms with van der Waals surface area (Å²) in [6.07, 6.45) is 6.68. The van der Waals surface area contributed by atoms with E-state index in [4.69, 9.17) is 0 Å². The van der Waals surface area contributed by atoms with Crippen LogP contribution in [-0.2, 0) is 0 Å².